The molecular weight excluding hydrogens is 371 g/mol. The Morgan fingerprint density at radius 3 is 2.70 bits per heavy atom. The van der Waals surface area contributed by atoms with Crippen molar-refractivity contribution in [1.82, 2.24) is 5.01 Å². The molecule has 27 heavy (non-hydrogen) atoms. The van der Waals surface area contributed by atoms with Gasteiger partial charge in [-0.1, -0.05) is 23.7 Å². The van der Waals surface area contributed by atoms with E-state index in [1.54, 1.807) is 18.2 Å². The van der Waals surface area contributed by atoms with Crippen LogP contribution in [-0.4, -0.2) is 22.5 Å². The molecule has 0 fully saturated rings. The number of nitrogens with zero attached hydrogens (tertiary/aromatic N) is 3. The van der Waals surface area contributed by atoms with Crippen molar-refractivity contribution in [3.05, 3.63) is 64.4 Å². The molecule has 6 nitrogen and oxygen atoms in total. The first-order valence-electron chi connectivity index (χ1n) is 8.09. The van der Waals surface area contributed by atoms with Crippen molar-refractivity contribution in [2.45, 2.75) is 19.4 Å². The third-order valence-corrected chi connectivity index (χ3v) is 4.29. The van der Waals surface area contributed by atoms with Crippen molar-refractivity contribution in [2.24, 2.45) is 5.10 Å². The summed E-state index contributed by atoms with van der Waals surface area (Å²) in [5.74, 6) is -1.04. The summed E-state index contributed by atoms with van der Waals surface area (Å²) < 4.78 is 13.0. The van der Waals surface area contributed by atoms with Crippen LogP contribution >= 0.6 is 11.6 Å². The van der Waals surface area contributed by atoms with Gasteiger partial charge < -0.3 is 5.32 Å². The molecule has 1 aliphatic rings. The maximum Gasteiger partial charge on any atom is 0.271 e. The van der Waals surface area contributed by atoms with Crippen LogP contribution in [0.2, 0.25) is 5.02 Å². The third-order valence-electron chi connectivity index (χ3n) is 3.96. The SMILES string of the molecule is N#Cc1cc(NC(=O)C2=NN(Cc3ccc(F)cc3)C(=O)CC2)ccc1Cl. The molecule has 1 heterocycles. The van der Waals surface area contributed by atoms with Gasteiger partial charge in [-0.3, -0.25) is 9.59 Å². The van der Waals surface area contributed by atoms with Crippen molar-refractivity contribution >= 4 is 34.8 Å². The number of carbonyl (C=O) groups excluding carboxylic acids is 2. The van der Waals surface area contributed by atoms with E-state index >= 15 is 0 Å². The second-order valence-electron chi connectivity index (χ2n) is 5.89. The van der Waals surface area contributed by atoms with E-state index < -0.39 is 5.91 Å². The van der Waals surface area contributed by atoms with Crippen LogP contribution in [0.1, 0.15) is 24.0 Å². The van der Waals surface area contributed by atoms with Gasteiger partial charge >= 0.3 is 0 Å². The Bertz CT molecular complexity index is 967. The average molecular weight is 385 g/mol. The number of rotatable bonds is 4. The van der Waals surface area contributed by atoms with Crippen molar-refractivity contribution in [2.75, 3.05) is 5.32 Å². The van der Waals surface area contributed by atoms with Gasteiger partial charge in [0.05, 0.1) is 17.1 Å². The number of halogens is 2. The van der Waals surface area contributed by atoms with Gasteiger partial charge in [0, 0.05) is 18.5 Å². The zero-order chi connectivity index (χ0) is 19.4. The number of hydrogen-bond acceptors (Lipinski definition) is 4. The fourth-order valence-corrected chi connectivity index (χ4v) is 2.70. The Morgan fingerprint density at radius 1 is 1.26 bits per heavy atom. The molecule has 0 saturated carbocycles. The summed E-state index contributed by atoms with van der Waals surface area (Å²) in [4.78, 5) is 24.5. The lowest BCUT2D eigenvalue weighted by Gasteiger charge is -2.23. The standard InChI is InChI=1S/C19H14ClFN4O2/c20-16-6-5-15(9-13(16)10-22)23-19(27)17-7-8-18(26)25(24-17)11-12-1-3-14(21)4-2-12/h1-6,9H,7-8,11H2,(H,23,27). The quantitative estimate of drug-likeness (QED) is 0.875. The van der Waals surface area contributed by atoms with Crippen LogP contribution in [0.15, 0.2) is 47.6 Å². The van der Waals surface area contributed by atoms with Gasteiger partial charge in [-0.25, -0.2) is 9.40 Å². The van der Waals surface area contributed by atoms with Crippen molar-refractivity contribution < 1.29 is 14.0 Å². The number of nitriles is 1. The predicted octanol–water partition coefficient (Wildman–Crippen LogP) is 3.47. The molecule has 1 aliphatic heterocycles. The number of benzene rings is 2. The normalized spacial score (nSPS) is 13.7. The lowest BCUT2D eigenvalue weighted by Crippen LogP contribution is -2.36. The monoisotopic (exact) mass is 384 g/mol. The van der Waals surface area contributed by atoms with E-state index in [1.165, 1.54) is 29.3 Å². The van der Waals surface area contributed by atoms with Crippen LogP contribution in [0.5, 0.6) is 0 Å². The first-order chi connectivity index (χ1) is 13.0. The largest absolute Gasteiger partial charge is 0.321 e. The van der Waals surface area contributed by atoms with Crippen molar-refractivity contribution in [3.8, 4) is 6.07 Å². The van der Waals surface area contributed by atoms with E-state index in [2.05, 4.69) is 10.4 Å². The van der Waals surface area contributed by atoms with Gasteiger partial charge in [-0.15, -0.1) is 0 Å². The average Bonchev–Trinajstić information content (AvgIpc) is 2.66. The molecule has 0 bridgehead atoms. The highest BCUT2D eigenvalue weighted by Crippen LogP contribution is 2.20. The lowest BCUT2D eigenvalue weighted by molar-refractivity contribution is -0.132. The van der Waals surface area contributed by atoms with Gasteiger partial charge in [0.1, 0.15) is 17.6 Å². The molecule has 8 heteroatoms. The van der Waals surface area contributed by atoms with Crippen LogP contribution in [0, 0.1) is 17.1 Å². The summed E-state index contributed by atoms with van der Waals surface area (Å²) in [6.45, 7) is 0.148. The smallest absolute Gasteiger partial charge is 0.271 e. The van der Waals surface area contributed by atoms with Crippen LogP contribution in [-0.2, 0) is 16.1 Å². The van der Waals surface area contributed by atoms with Crippen LogP contribution in [0.3, 0.4) is 0 Å². The maximum atomic E-state index is 13.0. The number of hydrogen-bond donors (Lipinski definition) is 1. The van der Waals surface area contributed by atoms with Crippen molar-refractivity contribution in [3.63, 3.8) is 0 Å². The zero-order valence-electron chi connectivity index (χ0n) is 14.1. The molecule has 0 unspecified atom stereocenters. The van der Waals surface area contributed by atoms with E-state index in [4.69, 9.17) is 16.9 Å². The van der Waals surface area contributed by atoms with Gasteiger partial charge in [0.25, 0.3) is 5.91 Å². The predicted molar refractivity (Wildman–Crippen MR) is 98.4 cm³/mol. The summed E-state index contributed by atoms with van der Waals surface area (Å²) in [5, 5.41) is 17.3. The first kappa shape index (κ1) is 18.5. The number of hydrazone groups is 1. The molecule has 2 aromatic carbocycles. The molecule has 0 saturated heterocycles. The van der Waals surface area contributed by atoms with Crippen molar-refractivity contribution in [1.29, 1.82) is 5.26 Å². The summed E-state index contributed by atoms with van der Waals surface area (Å²) in [6.07, 6.45) is 0.362. The Kier molecular flexibility index (Phi) is 5.48. The molecule has 0 spiro atoms. The minimum Gasteiger partial charge on any atom is -0.321 e. The number of anilines is 1. The number of nitrogens with one attached hydrogen (secondary N) is 1. The van der Waals surface area contributed by atoms with Gasteiger partial charge in [0.2, 0.25) is 5.91 Å². The van der Waals surface area contributed by atoms with Crippen LogP contribution < -0.4 is 5.32 Å². The Hall–Kier alpha value is -3.24. The molecule has 2 aromatic rings. The molecule has 3 rings (SSSR count). The number of carbonyl (C=O) groups is 2. The van der Waals surface area contributed by atoms with Crippen LogP contribution in [0.4, 0.5) is 10.1 Å². The first-order valence-corrected chi connectivity index (χ1v) is 8.47. The molecule has 0 aliphatic carbocycles. The Balaban J connectivity index is 1.74. The molecule has 0 radical (unpaired) electrons. The van der Waals surface area contributed by atoms with E-state index in [9.17, 15) is 14.0 Å². The maximum absolute atomic E-state index is 13.0. The highest BCUT2D eigenvalue weighted by atomic mass is 35.5. The van der Waals surface area contributed by atoms with Gasteiger partial charge in [-0.2, -0.15) is 10.4 Å². The fraction of sp³-hybridized carbons (Fsp3) is 0.158. The summed E-state index contributed by atoms with van der Waals surface area (Å²) in [7, 11) is 0. The zero-order valence-corrected chi connectivity index (χ0v) is 14.8. The summed E-state index contributed by atoms with van der Waals surface area (Å²) in [5.41, 5.74) is 1.55. The lowest BCUT2D eigenvalue weighted by atomic mass is 10.1. The summed E-state index contributed by atoms with van der Waals surface area (Å²) >= 11 is 5.88. The molecule has 136 valence electrons. The van der Waals surface area contributed by atoms with E-state index in [0.29, 0.717) is 16.3 Å². The Morgan fingerprint density at radius 2 is 2.00 bits per heavy atom. The molecular formula is C19H14ClFN4O2. The number of amides is 2. The van der Waals surface area contributed by atoms with Gasteiger partial charge in [0.15, 0.2) is 0 Å². The molecule has 0 atom stereocenters. The molecule has 2 amide bonds. The third kappa shape index (κ3) is 4.49. The van der Waals surface area contributed by atoms with E-state index in [0.717, 1.165) is 0 Å². The van der Waals surface area contributed by atoms with Crippen LogP contribution in [0.25, 0.3) is 0 Å². The molecule has 1 N–H and O–H groups in total. The van der Waals surface area contributed by atoms with E-state index in [1.807, 2.05) is 6.07 Å². The minimum absolute atomic E-state index is 0.148. The minimum atomic E-state index is -0.460. The second kappa shape index (κ2) is 7.98. The highest BCUT2D eigenvalue weighted by Gasteiger charge is 2.24. The second-order valence-corrected chi connectivity index (χ2v) is 6.29. The summed E-state index contributed by atoms with van der Waals surface area (Å²) in [6, 6.07) is 12.2. The Labute approximate surface area is 159 Å². The molecule has 0 aromatic heterocycles. The fourth-order valence-electron chi connectivity index (χ4n) is 2.54. The van der Waals surface area contributed by atoms with Gasteiger partial charge in [-0.05, 0) is 35.9 Å². The van der Waals surface area contributed by atoms with E-state index in [-0.39, 0.29) is 42.4 Å². The highest BCUT2D eigenvalue weighted by molar-refractivity contribution is 6.43. The topological polar surface area (TPSA) is 85.6 Å².